The third kappa shape index (κ3) is 4.65. The summed E-state index contributed by atoms with van der Waals surface area (Å²) in [6, 6.07) is -0.910. The highest BCUT2D eigenvalue weighted by Gasteiger charge is 2.45. The van der Waals surface area contributed by atoms with E-state index in [1.807, 2.05) is 6.92 Å². The lowest BCUT2D eigenvalue weighted by Crippen LogP contribution is -2.64. The second-order valence-electron chi connectivity index (χ2n) is 4.50. The normalized spacial score (nSPS) is 34.0. The van der Waals surface area contributed by atoms with Gasteiger partial charge in [-0.1, -0.05) is 0 Å². The maximum atomic E-state index is 11.1. The first-order chi connectivity index (χ1) is 9.51. The van der Waals surface area contributed by atoms with Crippen molar-refractivity contribution in [3.63, 3.8) is 0 Å². The van der Waals surface area contributed by atoms with Gasteiger partial charge >= 0.3 is 0 Å². The molecule has 0 aliphatic carbocycles. The summed E-state index contributed by atoms with van der Waals surface area (Å²) in [4.78, 5) is 11.1. The Labute approximate surface area is 117 Å². The summed E-state index contributed by atoms with van der Waals surface area (Å²) >= 11 is 0. The molecular formula is C12H23NO7. The first kappa shape index (κ1) is 17.3. The number of aliphatic hydroxyl groups is 3. The fourth-order valence-corrected chi connectivity index (χ4v) is 1.98. The highest BCUT2D eigenvalue weighted by molar-refractivity contribution is 5.73. The van der Waals surface area contributed by atoms with Crippen molar-refractivity contribution >= 4 is 5.91 Å². The average molecular weight is 293 g/mol. The molecule has 8 heteroatoms. The van der Waals surface area contributed by atoms with Crippen LogP contribution in [0.1, 0.15) is 13.8 Å². The van der Waals surface area contributed by atoms with Gasteiger partial charge in [-0.25, -0.2) is 0 Å². The molecule has 0 aromatic rings. The van der Waals surface area contributed by atoms with E-state index in [9.17, 15) is 15.0 Å². The van der Waals surface area contributed by atoms with E-state index in [1.165, 1.54) is 6.92 Å². The van der Waals surface area contributed by atoms with E-state index in [-0.39, 0.29) is 12.5 Å². The van der Waals surface area contributed by atoms with Crippen LogP contribution in [0, 0.1) is 0 Å². The summed E-state index contributed by atoms with van der Waals surface area (Å²) in [5.74, 6) is -0.384. The van der Waals surface area contributed by atoms with Gasteiger partial charge in [0.25, 0.3) is 0 Å². The lowest BCUT2D eigenvalue weighted by molar-refractivity contribution is -0.271. The van der Waals surface area contributed by atoms with Crippen LogP contribution in [-0.2, 0) is 19.0 Å². The van der Waals surface area contributed by atoms with E-state index in [0.717, 1.165) is 0 Å². The monoisotopic (exact) mass is 293 g/mol. The Morgan fingerprint density at radius 3 is 2.55 bits per heavy atom. The fraction of sp³-hybridized carbons (Fsp3) is 0.917. The SMILES string of the molecule is CCOCCO[C@H]1O[C@H](CO)[C@@H](O)[C@H](O)[C@H]1NC(C)=O. The molecule has 1 amide bonds. The predicted molar refractivity (Wildman–Crippen MR) is 67.8 cm³/mol. The van der Waals surface area contributed by atoms with Gasteiger partial charge in [-0.05, 0) is 6.92 Å². The molecule has 118 valence electrons. The summed E-state index contributed by atoms with van der Waals surface area (Å²) in [5, 5.41) is 31.4. The Morgan fingerprint density at radius 1 is 1.30 bits per heavy atom. The number of aliphatic hydroxyl groups excluding tert-OH is 3. The number of hydrogen-bond donors (Lipinski definition) is 4. The van der Waals surface area contributed by atoms with Gasteiger partial charge in [0.2, 0.25) is 5.91 Å². The quantitative estimate of drug-likeness (QED) is 0.400. The van der Waals surface area contributed by atoms with Crippen molar-refractivity contribution < 1.29 is 34.3 Å². The minimum atomic E-state index is -1.30. The summed E-state index contributed by atoms with van der Waals surface area (Å²) in [6.45, 7) is 3.76. The van der Waals surface area contributed by atoms with E-state index in [4.69, 9.17) is 19.3 Å². The molecule has 4 N–H and O–H groups in total. The second kappa shape index (κ2) is 8.50. The first-order valence-electron chi connectivity index (χ1n) is 6.60. The van der Waals surface area contributed by atoms with Crippen LogP contribution in [0.4, 0.5) is 0 Å². The summed E-state index contributed by atoms with van der Waals surface area (Å²) in [6.07, 6.45) is -4.52. The average Bonchev–Trinajstić information content (AvgIpc) is 2.41. The number of carbonyl (C=O) groups is 1. The minimum Gasteiger partial charge on any atom is -0.394 e. The minimum absolute atomic E-state index is 0.204. The van der Waals surface area contributed by atoms with Gasteiger partial charge in [-0.15, -0.1) is 0 Å². The molecule has 1 fully saturated rings. The zero-order valence-corrected chi connectivity index (χ0v) is 11.7. The van der Waals surface area contributed by atoms with E-state index >= 15 is 0 Å². The van der Waals surface area contributed by atoms with Crippen LogP contribution in [0.3, 0.4) is 0 Å². The second-order valence-corrected chi connectivity index (χ2v) is 4.50. The van der Waals surface area contributed by atoms with Crippen LogP contribution >= 0.6 is 0 Å². The topological polar surface area (TPSA) is 117 Å². The molecule has 1 aliphatic rings. The number of nitrogens with one attached hydrogen (secondary N) is 1. The number of amides is 1. The largest absolute Gasteiger partial charge is 0.394 e. The Balaban J connectivity index is 2.65. The maximum Gasteiger partial charge on any atom is 0.217 e. The highest BCUT2D eigenvalue weighted by Crippen LogP contribution is 2.22. The van der Waals surface area contributed by atoms with Crippen molar-refractivity contribution in [1.82, 2.24) is 5.32 Å². The molecule has 0 aromatic carbocycles. The van der Waals surface area contributed by atoms with Gasteiger partial charge < -0.3 is 34.8 Å². The van der Waals surface area contributed by atoms with Crippen LogP contribution in [0.25, 0.3) is 0 Å². The van der Waals surface area contributed by atoms with E-state index in [1.54, 1.807) is 0 Å². The van der Waals surface area contributed by atoms with Crippen LogP contribution in [0.2, 0.25) is 0 Å². The molecule has 20 heavy (non-hydrogen) atoms. The van der Waals surface area contributed by atoms with E-state index in [0.29, 0.717) is 13.2 Å². The van der Waals surface area contributed by atoms with E-state index < -0.39 is 37.3 Å². The smallest absolute Gasteiger partial charge is 0.217 e. The zero-order chi connectivity index (χ0) is 15.1. The number of carbonyl (C=O) groups excluding carboxylic acids is 1. The number of ether oxygens (including phenoxy) is 3. The van der Waals surface area contributed by atoms with Gasteiger partial charge in [0.05, 0.1) is 19.8 Å². The Kier molecular flexibility index (Phi) is 7.35. The van der Waals surface area contributed by atoms with Crippen LogP contribution < -0.4 is 5.32 Å². The van der Waals surface area contributed by atoms with Gasteiger partial charge in [0, 0.05) is 13.5 Å². The molecule has 0 bridgehead atoms. The molecule has 5 atom stereocenters. The van der Waals surface area contributed by atoms with Crippen molar-refractivity contribution in [3.05, 3.63) is 0 Å². The van der Waals surface area contributed by atoms with Crippen LogP contribution in [0.15, 0.2) is 0 Å². The molecule has 1 heterocycles. The molecule has 0 radical (unpaired) electrons. The first-order valence-corrected chi connectivity index (χ1v) is 6.60. The molecule has 0 saturated carbocycles. The molecule has 0 unspecified atom stereocenters. The summed E-state index contributed by atoms with van der Waals surface area (Å²) in [7, 11) is 0. The lowest BCUT2D eigenvalue weighted by Gasteiger charge is -2.42. The van der Waals surface area contributed by atoms with Crippen molar-refractivity contribution in [2.24, 2.45) is 0 Å². The Morgan fingerprint density at radius 2 is 2.00 bits per heavy atom. The van der Waals surface area contributed by atoms with Gasteiger partial charge in [-0.3, -0.25) is 4.79 Å². The van der Waals surface area contributed by atoms with Crippen molar-refractivity contribution in [2.45, 2.75) is 44.5 Å². The lowest BCUT2D eigenvalue weighted by atomic mass is 9.97. The van der Waals surface area contributed by atoms with Gasteiger partial charge in [0.1, 0.15) is 24.4 Å². The van der Waals surface area contributed by atoms with Gasteiger partial charge in [0.15, 0.2) is 6.29 Å². The zero-order valence-electron chi connectivity index (χ0n) is 11.7. The maximum absolute atomic E-state index is 11.1. The molecule has 8 nitrogen and oxygen atoms in total. The fourth-order valence-electron chi connectivity index (χ4n) is 1.98. The number of rotatable bonds is 7. The van der Waals surface area contributed by atoms with Crippen molar-refractivity contribution in [1.29, 1.82) is 0 Å². The third-order valence-electron chi connectivity index (χ3n) is 2.96. The van der Waals surface area contributed by atoms with Crippen LogP contribution in [0.5, 0.6) is 0 Å². The molecular weight excluding hydrogens is 270 g/mol. The van der Waals surface area contributed by atoms with Crippen molar-refractivity contribution in [3.8, 4) is 0 Å². The van der Waals surface area contributed by atoms with Gasteiger partial charge in [-0.2, -0.15) is 0 Å². The highest BCUT2D eigenvalue weighted by atomic mass is 16.7. The predicted octanol–water partition coefficient (Wildman–Crippen LogP) is -2.02. The third-order valence-corrected chi connectivity index (χ3v) is 2.96. The van der Waals surface area contributed by atoms with Crippen LogP contribution in [-0.4, -0.2) is 78.3 Å². The Hall–Kier alpha value is -0.770. The van der Waals surface area contributed by atoms with E-state index in [2.05, 4.69) is 5.32 Å². The Bertz CT molecular complexity index is 302. The number of hydrogen-bond acceptors (Lipinski definition) is 7. The van der Waals surface area contributed by atoms with Crippen molar-refractivity contribution in [2.75, 3.05) is 26.4 Å². The molecule has 0 aromatic heterocycles. The molecule has 1 aliphatic heterocycles. The summed E-state index contributed by atoms with van der Waals surface area (Å²) < 4.78 is 15.9. The molecule has 1 rings (SSSR count). The molecule has 0 spiro atoms. The standard InChI is InChI=1S/C12H23NO7/c1-3-18-4-5-19-12-9(13-7(2)15)11(17)10(16)8(6-14)20-12/h8-12,14,16-17H,3-6H2,1-2H3,(H,13,15)/t8-,9-,10-,11-,12+/m1/s1. The summed E-state index contributed by atoms with van der Waals surface area (Å²) in [5.41, 5.74) is 0. The molecule has 1 saturated heterocycles.